The Balaban J connectivity index is 1.94. The summed E-state index contributed by atoms with van der Waals surface area (Å²) in [6.07, 6.45) is 1.81. The van der Waals surface area contributed by atoms with Gasteiger partial charge in [-0.15, -0.1) is 0 Å². The van der Waals surface area contributed by atoms with Crippen molar-refractivity contribution in [1.82, 2.24) is 4.90 Å². The zero-order valence-corrected chi connectivity index (χ0v) is 15.3. The highest BCUT2D eigenvalue weighted by Gasteiger charge is 2.33. The molecule has 2 rings (SSSR count). The first-order valence-electron chi connectivity index (χ1n) is 7.88. The third-order valence-electron chi connectivity index (χ3n) is 3.64. The lowest BCUT2D eigenvalue weighted by atomic mass is 10.1. The molecule has 1 aromatic rings. The molecule has 132 valence electrons. The van der Waals surface area contributed by atoms with Crippen LogP contribution in [0, 0.1) is 5.92 Å². The Kier molecular flexibility index (Phi) is 5.64. The van der Waals surface area contributed by atoms with E-state index in [0.717, 1.165) is 0 Å². The highest BCUT2D eigenvalue weighted by atomic mass is 32.2. The van der Waals surface area contributed by atoms with Gasteiger partial charge < -0.3 is 15.0 Å². The lowest BCUT2D eigenvalue weighted by molar-refractivity contribution is -0.119. The molecule has 0 aliphatic carbocycles. The predicted octanol–water partition coefficient (Wildman–Crippen LogP) is 2.62. The molecule has 0 unspecified atom stereocenters. The van der Waals surface area contributed by atoms with E-state index in [2.05, 4.69) is 5.32 Å². The summed E-state index contributed by atoms with van der Waals surface area (Å²) in [5.74, 6) is -0.409. The van der Waals surface area contributed by atoms with Gasteiger partial charge in [0.1, 0.15) is 5.60 Å². The maximum absolute atomic E-state index is 12.4. The number of likely N-dealkylation sites (tertiary alicyclic amines) is 1. The number of anilines is 1. The van der Waals surface area contributed by atoms with Crippen molar-refractivity contribution < 1.29 is 18.5 Å². The second-order valence-corrected chi connectivity index (χ2v) is 8.26. The summed E-state index contributed by atoms with van der Waals surface area (Å²) in [6, 6.07) is 6.98. The van der Waals surface area contributed by atoms with Crippen molar-refractivity contribution in [3.63, 3.8) is 0 Å². The van der Waals surface area contributed by atoms with Gasteiger partial charge in [-0.25, -0.2) is 4.79 Å². The summed E-state index contributed by atoms with van der Waals surface area (Å²) < 4.78 is 16.8. The third kappa shape index (κ3) is 5.06. The van der Waals surface area contributed by atoms with Crippen LogP contribution in [0.15, 0.2) is 29.2 Å². The number of hydrogen-bond donors (Lipinski definition) is 1. The van der Waals surface area contributed by atoms with E-state index in [0.29, 0.717) is 30.1 Å². The van der Waals surface area contributed by atoms with E-state index in [1.165, 1.54) is 0 Å². The van der Waals surface area contributed by atoms with Gasteiger partial charge in [0, 0.05) is 40.7 Å². The number of amides is 2. The Morgan fingerprint density at radius 3 is 2.67 bits per heavy atom. The lowest BCUT2D eigenvalue weighted by Crippen LogP contribution is -2.36. The number of carbonyl (C=O) groups is 2. The molecule has 1 fully saturated rings. The first kappa shape index (κ1) is 18.4. The SMILES string of the molecule is C[S@](=O)c1cccc(NC(=O)[C@@H]2CCN(C(=O)OC(C)(C)C)C2)c1. The zero-order chi connectivity index (χ0) is 17.9. The molecule has 7 heteroatoms. The molecule has 6 nitrogen and oxygen atoms in total. The van der Waals surface area contributed by atoms with Crippen LogP contribution in [0.2, 0.25) is 0 Å². The van der Waals surface area contributed by atoms with Crippen LogP contribution in [0.3, 0.4) is 0 Å². The summed E-state index contributed by atoms with van der Waals surface area (Å²) >= 11 is 0. The van der Waals surface area contributed by atoms with Gasteiger partial charge in [-0.2, -0.15) is 0 Å². The molecule has 1 N–H and O–H groups in total. The van der Waals surface area contributed by atoms with Gasteiger partial charge in [-0.05, 0) is 45.4 Å². The molecule has 2 amide bonds. The van der Waals surface area contributed by atoms with E-state index < -0.39 is 16.4 Å². The predicted molar refractivity (Wildman–Crippen MR) is 93.3 cm³/mol. The minimum absolute atomic E-state index is 0.139. The van der Waals surface area contributed by atoms with Crippen LogP contribution >= 0.6 is 0 Å². The molecule has 0 saturated carbocycles. The molecule has 0 bridgehead atoms. The normalized spacial score (nSPS) is 19.0. The highest BCUT2D eigenvalue weighted by Crippen LogP contribution is 2.22. The van der Waals surface area contributed by atoms with Gasteiger partial charge in [0.2, 0.25) is 5.91 Å². The maximum Gasteiger partial charge on any atom is 0.410 e. The number of ether oxygens (including phenoxy) is 1. The molecule has 1 heterocycles. The average molecular weight is 352 g/mol. The Bertz CT molecular complexity index is 654. The molecule has 0 aromatic heterocycles. The maximum atomic E-state index is 12.4. The molecule has 24 heavy (non-hydrogen) atoms. The largest absolute Gasteiger partial charge is 0.444 e. The summed E-state index contributed by atoms with van der Waals surface area (Å²) in [6.45, 7) is 6.30. The fourth-order valence-corrected chi connectivity index (χ4v) is 3.03. The van der Waals surface area contributed by atoms with Gasteiger partial charge in [-0.3, -0.25) is 9.00 Å². The van der Waals surface area contributed by atoms with Crippen molar-refractivity contribution in [3.05, 3.63) is 24.3 Å². The van der Waals surface area contributed by atoms with E-state index in [9.17, 15) is 13.8 Å². The molecule has 1 aliphatic rings. The fraction of sp³-hybridized carbons (Fsp3) is 0.529. The van der Waals surface area contributed by atoms with Crippen molar-refractivity contribution in [2.45, 2.75) is 37.7 Å². The van der Waals surface area contributed by atoms with Crippen LogP contribution in [0.4, 0.5) is 10.5 Å². The van der Waals surface area contributed by atoms with E-state index >= 15 is 0 Å². The summed E-state index contributed by atoms with van der Waals surface area (Å²) in [5, 5.41) is 2.83. The highest BCUT2D eigenvalue weighted by molar-refractivity contribution is 7.84. The van der Waals surface area contributed by atoms with Crippen LogP contribution in [0.1, 0.15) is 27.2 Å². The quantitative estimate of drug-likeness (QED) is 0.907. The number of hydrogen-bond acceptors (Lipinski definition) is 4. The van der Waals surface area contributed by atoms with Crippen LogP contribution in [-0.4, -0.2) is 46.1 Å². The van der Waals surface area contributed by atoms with Crippen molar-refractivity contribution in [3.8, 4) is 0 Å². The number of nitrogens with one attached hydrogen (secondary N) is 1. The zero-order valence-electron chi connectivity index (χ0n) is 14.5. The summed E-state index contributed by atoms with van der Waals surface area (Å²) in [7, 11) is -1.10. The van der Waals surface area contributed by atoms with Gasteiger partial charge in [0.15, 0.2) is 0 Å². The minimum atomic E-state index is -1.10. The number of rotatable bonds is 3. The number of nitrogens with zero attached hydrogens (tertiary/aromatic N) is 1. The molecule has 1 aliphatic heterocycles. The third-order valence-corrected chi connectivity index (χ3v) is 4.56. The van der Waals surface area contributed by atoms with Crippen molar-refractivity contribution >= 4 is 28.5 Å². The van der Waals surface area contributed by atoms with E-state index in [1.807, 2.05) is 20.8 Å². The Labute approximate surface area is 145 Å². The van der Waals surface area contributed by atoms with Crippen LogP contribution in [0.25, 0.3) is 0 Å². The van der Waals surface area contributed by atoms with Crippen molar-refractivity contribution in [1.29, 1.82) is 0 Å². The summed E-state index contributed by atoms with van der Waals surface area (Å²) in [4.78, 5) is 26.7. The molecule has 0 spiro atoms. The fourth-order valence-electron chi connectivity index (χ4n) is 2.46. The van der Waals surface area contributed by atoms with Crippen molar-refractivity contribution in [2.75, 3.05) is 24.7 Å². The first-order chi connectivity index (χ1) is 11.2. The molecule has 1 aromatic carbocycles. The van der Waals surface area contributed by atoms with Crippen molar-refractivity contribution in [2.24, 2.45) is 5.92 Å². The lowest BCUT2D eigenvalue weighted by Gasteiger charge is -2.24. The van der Waals surface area contributed by atoms with Gasteiger partial charge in [0.05, 0.1) is 5.92 Å². The first-order valence-corrected chi connectivity index (χ1v) is 9.44. The van der Waals surface area contributed by atoms with Gasteiger partial charge in [0.25, 0.3) is 0 Å². The van der Waals surface area contributed by atoms with Crippen LogP contribution < -0.4 is 5.32 Å². The number of carbonyl (C=O) groups excluding carboxylic acids is 2. The smallest absolute Gasteiger partial charge is 0.410 e. The molecular weight excluding hydrogens is 328 g/mol. The molecular formula is C17H24N2O4S. The van der Waals surface area contributed by atoms with E-state index in [1.54, 1.807) is 35.4 Å². The van der Waals surface area contributed by atoms with Crippen LogP contribution in [0.5, 0.6) is 0 Å². The number of benzene rings is 1. The monoisotopic (exact) mass is 352 g/mol. The standard InChI is InChI=1S/C17H24N2O4S/c1-17(2,3)23-16(21)19-9-8-12(11-19)15(20)18-13-6-5-7-14(10-13)24(4)22/h5-7,10,12H,8-9,11H2,1-4H3,(H,18,20)/t12-,24+/m1/s1. The molecule has 1 saturated heterocycles. The average Bonchev–Trinajstić information content (AvgIpc) is 2.95. The molecule has 2 atom stereocenters. The minimum Gasteiger partial charge on any atom is -0.444 e. The van der Waals surface area contributed by atoms with Crippen LogP contribution in [-0.2, 0) is 20.3 Å². The van der Waals surface area contributed by atoms with Gasteiger partial charge >= 0.3 is 6.09 Å². The Morgan fingerprint density at radius 2 is 2.04 bits per heavy atom. The second kappa shape index (κ2) is 7.34. The topological polar surface area (TPSA) is 75.7 Å². The Hall–Kier alpha value is -1.89. The van der Waals surface area contributed by atoms with E-state index in [-0.39, 0.29) is 17.9 Å². The second-order valence-electron chi connectivity index (χ2n) is 6.88. The molecule has 0 radical (unpaired) electrons. The van der Waals surface area contributed by atoms with E-state index in [4.69, 9.17) is 4.74 Å². The van der Waals surface area contributed by atoms with Gasteiger partial charge in [-0.1, -0.05) is 6.07 Å². The summed E-state index contributed by atoms with van der Waals surface area (Å²) in [5.41, 5.74) is 0.0663. The Morgan fingerprint density at radius 1 is 1.33 bits per heavy atom.